The lowest BCUT2D eigenvalue weighted by molar-refractivity contribution is 0.229. The first-order valence-electron chi connectivity index (χ1n) is 10.1. The minimum atomic E-state index is -0.480. The Bertz CT molecular complexity index is 1020. The predicted octanol–water partition coefficient (Wildman–Crippen LogP) is 4.97. The standard InChI is InChI=1S/C23H26F2N4/c1-3-29-9-7-15(8-10-29)28-20-11-17(22-14(2)5-4-6-19(22)24)23(25)18-13-27-21(26)12-16(18)20/h4-6,11-13,15,28H,3,7-10H2,1-2H3,(H2,26,27). The summed E-state index contributed by atoms with van der Waals surface area (Å²) in [6.07, 6.45) is 3.44. The molecule has 0 aliphatic carbocycles. The molecule has 29 heavy (non-hydrogen) atoms. The molecule has 1 fully saturated rings. The molecule has 2 heterocycles. The highest BCUT2D eigenvalue weighted by atomic mass is 19.1. The molecule has 4 nitrogen and oxygen atoms in total. The summed E-state index contributed by atoms with van der Waals surface area (Å²) in [7, 11) is 0. The molecule has 1 saturated heterocycles. The third-order valence-electron chi connectivity index (χ3n) is 5.86. The fourth-order valence-corrected chi connectivity index (χ4v) is 4.19. The van der Waals surface area contributed by atoms with Gasteiger partial charge >= 0.3 is 0 Å². The number of aryl methyl sites for hydroxylation is 1. The van der Waals surface area contributed by atoms with Gasteiger partial charge in [0.15, 0.2) is 0 Å². The number of hydrogen-bond donors (Lipinski definition) is 2. The zero-order valence-corrected chi connectivity index (χ0v) is 16.8. The van der Waals surface area contributed by atoms with E-state index in [9.17, 15) is 4.39 Å². The van der Waals surface area contributed by atoms with Gasteiger partial charge in [0.05, 0.1) is 0 Å². The van der Waals surface area contributed by atoms with E-state index in [1.807, 2.05) is 0 Å². The van der Waals surface area contributed by atoms with Crippen molar-refractivity contribution in [3.63, 3.8) is 0 Å². The van der Waals surface area contributed by atoms with E-state index in [1.54, 1.807) is 31.2 Å². The largest absolute Gasteiger partial charge is 0.384 e. The van der Waals surface area contributed by atoms with Crippen molar-refractivity contribution in [2.75, 3.05) is 30.7 Å². The van der Waals surface area contributed by atoms with Gasteiger partial charge in [-0.2, -0.15) is 0 Å². The fourth-order valence-electron chi connectivity index (χ4n) is 4.19. The molecule has 3 N–H and O–H groups in total. The van der Waals surface area contributed by atoms with E-state index in [-0.39, 0.29) is 17.2 Å². The van der Waals surface area contributed by atoms with Crippen LogP contribution in [0.3, 0.4) is 0 Å². The summed E-state index contributed by atoms with van der Waals surface area (Å²) in [4.78, 5) is 6.48. The number of likely N-dealkylation sites (tertiary alicyclic amines) is 1. The summed E-state index contributed by atoms with van der Waals surface area (Å²) in [5.74, 6) is -0.587. The number of anilines is 2. The van der Waals surface area contributed by atoms with Gasteiger partial charge in [-0.05, 0) is 50.1 Å². The van der Waals surface area contributed by atoms with E-state index in [0.29, 0.717) is 22.2 Å². The Labute approximate surface area is 169 Å². The Kier molecular flexibility index (Phi) is 5.37. The van der Waals surface area contributed by atoms with Crippen molar-refractivity contribution in [2.45, 2.75) is 32.7 Å². The molecule has 0 radical (unpaired) electrons. The SMILES string of the molecule is CCN1CCC(Nc2cc(-c3c(C)cccc3F)c(F)c3cnc(N)cc23)CC1. The van der Waals surface area contributed by atoms with Crippen molar-refractivity contribution in [3.8, 4) is 11.1 Å². The second kappa shape index (κ2) is 7.95. The number of aromatic nitrogens is 1. The van der Waals surface area contributed by atoms with Gasteiger partial charge in [-0.15, -0.1) is 0 Å². The monoisotopic (exact) mass is 396 g/mol. The number of nitrogens with zero attached hydrogens (tertiary/aromatic N) is 2. The van der Waals surface area contributed by atoms with E-state index in [2.05, 4.69) is 22.1 Å². The van der Waals surface area contributed by atoms with Crippen molar-refractivity contribution < 1.29 is 8.78 Å². The van der Waals surface area contributed by atoms with Crippen LogP contribution in [0.4, 0.5) is 20.3 Å². The predicted molar refractivity (Wildman–Crippen MR) is 115 cm³/mol. The maximum Gasteiger partial charge on any atom is 0.140 e. The quantitative estimate of drug-likeness (QED) is 0.654. The summed E-state index contributed by atoms with van der Waals surface area (Å²) >= 11 is 0. The lowest BCUT2D eigenvalue weighted by Gasteiger charge is -2.32. The first-order valence-corrected chi connectivity index (χ1v) is 10.1. The van der Waals surface area contributed by atoms with Gasteiger partial charge < -0.3 is 16.0 Å². The minimum absolute atomic E-state index is 0.244. The van der Waals surface area contributed by atoms with Crippen LogP contribution in [0.1, 0.15) is 25.3 Å². The average molecular weight is 396 g/mol. The van der Waals surface area contributed by atoms with Crippen molar-refractivity contribution in [3.05, 3.63) is 53.7 Å². The van der Waals surface area contributed by atoms with Gasteiger partial charge in [0, 0.05) is 52.9 Å². The molecule has 0 spiro atoms. The average Bonchev–Trinajstić information content (AvgIpc) is 2.71. The second-order valence-corrected chi connectivity index (χ2v) is 7.73. The molecule has 0 atom stereocenters. The maximum absolute atomic E-state index is 15.4. The van der Waals surface area contributed by atoms with E-state index in [4.69, 9.17) is 5.73 Å². The number of pyridine rings is 1. The Morgan fingerprint density at radius 2 is 1.93 bits per heavy atom. The van der Waals surface area contributed by atoms with Gasteiger partial charge in [-0.3, -0.25) is 0 Å². The lowest BCUT2D eigenvalue weighted by atomic mass is 9.95. The molecular formula is C23H26F2N4. The van der Waals surface area contributed by atoms with Gasteiger partial charge in [0.2, 0.25) is 0 Å². The van der Waals surface area contributed by atoms with Crippen molar-refractivity contribution in [1.29, 1.82) is 0 Å². The lowest BCUT2D eigenvalue weighted by Crippen LogP contribution is -2.38. The van der Waals surface area contributed by atoms with Crippen LogP contribution in [-0.4, -0.2) is 35.6 Å². The summed E-state index contributed by atoms with van der Waals surface area (Å²) in [5.41, 5.74) is 7.87. The third-order valence-corrected chi connectivity index (χ3v) is 5.86. The van der Waals surface area contributed by atoms with E-state index >= 15 is 4.39 Å². The number of hydrogen-bond acceptors (Lipinski definition) is 4. The van der Waals surface area contributed by atoms with Crippen LogP contribution in [0, 0.1) is 18.6 Å². The second-order valence-electron chi connectivity index (χ2n) is 7.73. The van der Waals surface area contributed by atoms with Crippen molar-refractivity contribution in [1.82, 2.24) is 9.88 Å². The number of nitrogen functional groups attached to an aromatic ring is 1. The summed E-state index contributed by atoms with van der Waals surface area (Å²) in [5, 5.41) is 4.59. The van der Waals surface area contributed by atoms with Crippen LogP contribution in [0.2, 0.25) is 0 Å². The zero-order valence-electron chi connectivity index (χ0n) is 16.8. The molecule has 152 valence electrons. The topological polar surface area (TPSA) is 54.2 Å². The molecule has 0 bridgehead atoms. The number of rotatable bonds is 4. The number of fused-ring (bicyclic) bond motifs is 1. The Balaban J connectivity index is 1.82. The van der Waals surface area contributed by atoms with E-state index in [1.165, 1.54) is 12.3 Å². The van der Waals surface area contributed by atoms with E-state index < -0.39 is 11.6 Å². The Hall–Kier alpha value is -2.73. The third kappa shape index (κ3) is 3.77. The van der Waals surface area contributed by atoms with Crippen LogP contribution in [0.15, 0.2) is 36.5 Å². The highest BCUT2D eigenvalue weighted by molar-refractivity contribution is 5.99. The van der Waals surface area contributed by atoms with Crippen LogP contribution in [0.25, 0.3) is 21.9 Å². The number of halogens is 2. The normalized spacial score (nSPS) is 15.7. The Morgan fingerprint density at radius 3 is 2.62 bits per heavy atom. The summed E-state index contributed by atoms with van der Waals surface area (Å²) in [6, 6.07) is 8.46. The molecule has 0 unspecified atom stereocenters. The number of piperidine rings is 1. The minimum Gasteiger partial charge on any atom is -0.384 e. The van der Waals surface area contributed by atoms with Crippen LogP contribution >= 0.6 is 0 Å². The molecule has 1 aromatic heterocycles. The fraction of sp³-hybridized carbons (Fsp3) is 0.348. The van der Waals surface area contributed by atoms with Gasteiger partial charge in [-0.25, -0.2) is 13.8 Å². The number of nitrogens with two attached hydrogens (primary N) is 1. The van der Waals surface area contributed by atoms with Crippen molar-refractivity contribution in [2.24, 2.45) is 0 Å². The molecule has 0 amide bonds. The van der Waals surface area contributed by atoms with E-state index in [0.717, 1.165) is 38.2 Å². The molecule has 1 aliphatic heterocycles. The van der Waals surface area contributed by atoms with Gasteiger partial charge in [0.1, 0.15) is 17.5 Å². The maximum atomic E-state index is 15.4. The summed E-state index contributed by atoms with van der Waals surface area (Å²) in [6.45, 7) is 7.05. The molecule has 3 aromatic rings. The molecule has 2 aromatic carbocycles. The first kappa shape index (κ1) is 19.6. The van der Waals surface area contributed by atoms with Gasteiger partial charge in [-0.1, -0.05) is 19.1 Å². The summed E-state index contributed by atoms with van der Waals surface area (Å²) < 4.78 is 30.0. The molecule has 1 aliphatic rings. The smallest absolute Gasteiger partial charge is 0.140 e. The van der Waals surface area contributed by atoms with Gasteiger partial charge in [0.25, 0.3) is 0 Å². The van der Waals surface area contributed by atoms with Crippen LogP contribution in [-0.2, 0) is 0 Å². The molecule has 6 heteroatoms. The molecule has 4 rings (SSSR count). The van der Waals surface area contributed by atoms with Crippen LogP contribution in [0.5, 0.6) is 0 Å². The zero-order chi connectivity index (χ0) is 20.5. The number of benzene rings is 2. The Morgan fingerprint density at radius 1 is 1.17 bits per heavy atom. The number of nitrogens with one attached hydrogen (secondary N) is 1. The molecule has 0 saturated carbocycles. The molecular weight excluding hydrogens is 370 g/mol. The van der Waals surface area contributed by atoms with Crippen LogP contribution < -0.4 is 11.1 Å². The van der Waals surface area contributed by atoms with Crippen molar-refractivity contribution >= 4 is 22.3 Å². The first-order chi connectivity index (χ1) is 14.0. The highest BCUT2D eigenvalue weighted by Gasteiger charge is 2.22. The highest BCUT2D eigenvalue weighted by Crippen LogP contribution is 2.38.